The van der Waals surface area contributed by atoms with E-state index < -0.39 is 39.9 Å². The van der Waals surface area contributed by atoms with Crippen molar-refractivity contribution >= 4 is 73.5 Å². The standard InChI is InChI=1S/C31H29ClN10O7S/c1-2-34-50(48,49)37-21-6-3-18(4-7-21)13-27(28(43)35-22-8-9-23-19(14-22)15-24(36-23)31(46)47)41-12-11-40(29(44)30(41)45)26-16-20(32)5-10-25(26)42-17-33-38-39-42/h3-10,14-17,27,34,36-37H,2,11-13H2,1H3,(H,35,43)(H,46,47). The third-order valence-corrected chi connectivity index (χ3v) is 9.25. The van der Waals surface area contributed by atoms with Crippen LogP contribution in [-0.4, -0.2) is 93.0 Å². The zero-order valence-electron chi connectivity index (χ0n) is 26.2. The minimum Gasteiger partial charge on any atom is -0.477 e. The summed E-state index contributed by atoms with van der Waals surface area (Å²) in [6, 6.07) is 16.0. The van der Waals surface area contributed by atoms with Crippen LogP contribution < -0.4 is 19.7 Å². The Morgan fingerprint density at radius 2 is 1.74 bits per heavy atom. The first kappa shape index (κ1) is 34.0. The minimum absolute atomic E-state index is 0.00222. The number of carbonyl (C=O) groups is 4. The molecule has 2 aromatic heterocycles. The Kier molecular flexibility index (Phi) is 9.49. The molecule has 0 radical (unpaired) electrons. The van der Waals surface area contributed by atoms with Crippen molar-refractivity contribution in [1.29, 1.82) is 0 Å². The number of tetrazole rings is 1. The number of rotatable bonds is 12. The summed E-state index contributed by atoms with van der Waals surface area (Å²) in [5, 5.41) is 24.2. The summed E-state index contributed by atoms with van der Waals surface area (Å²) in [5.41, 5.74) is 2.39. The molecule has 50 heavy (non-hydrogen) atoms. The second-order valence-corrected chi connectivity index (χ2v) is 13.1. The number of aromatic carboxylic acids is 1. The van der Waals surface area contributed by atoms with Gasteiger partial charge in [-0.15, -0.1) is 5.10 Å². The number of carboxylic acids is 1. The summed E-state index contributed by atoms with van der Waals surface area (Å²) in [6.45, 7) is 1.80. The van der Waals surface area contributed by atoms with E-state index in [1.165, 1.54) is 45.1 Å². The van der Waals surface area contributed by atoms with Crippen LogP contribution in [0, 0.1) is 0 Å². The first-order valence-electron chi connectivity index (χ1n) is 15.1. The smallest absolute Gasteiger partial charge is 0.352 e. The highest BCUT2D eigenvalue weighted by Crippen LogP contribution is 2.30. The number of aromatic amines is 1. The molecule has 1 fully saturated rings. The number of nitrogens with zero attached hydrogens (tertiary/aromatic N) is 6. The number of aromatic nitrogens is 5. The van der Waals surface area contributed by atoms with E-state index in [2.05, 4.69) is 35.3 Å². The molecule has 5 aromatic rings. The predicted molar refractivity (Wildman–Crippen MR) is 182 cm³/mol. The number of H-pyrrole nitrogens is 1. The van der Waals surface area contributed by atoms with Crippen LogP contribution in [0.15, 0.2) is 73.1 Å². The van der Waals surface area contributed by atoms with Crippen molar-refractivity contribution in [1.82, 2.24) is 34.8 Å². The Bertz CT molecular complexity index is 2210. The number of carbonyl (C=O) groups excluding carboxylic acids is 3. The molecule has 17 nitrogen and oxygen atoms in total. The fourth-order valence-electron chi connectivity index (χ4n) is 5.56. The lowest BCUT2D eigenvalue weighted by atomic mass is 10.0. The second kappa shape index (κ2) is 13.9. The van der Waals surface area contributed by atoms with Gasteiger partial charge in [-0.3, -0.25) is 19.1 Å². The van der Waals surface area contributed by atoms with Crippen LogP contribution in [0.5, 0.6) is 0 Å². The molecular formula is C31H29ClN10O7S. The summed E-state index contributed by atoms with van der Waals surface area (Å²) >= 11 is 6.27. The highest BCUT2D eigenvalue weighted by atomic mass is 35.5. The first-order valence-corrected chi connectivity index (χ1v) is 17.0. The number of benzene rings is 3. The van der Waals surface area contributed by atoms with Crippen LogP contribution in [0.1, 0.15) is 23.0 Å². The monoisotopic (exact) mass is 720 g/mol. The van der Waals surface area contributed by atoms with Crippen molar-refractivity contribution in [2.24, 2.45) is 0 Å². The van der Waals surface area contributed by atoms with Gasteiger partial charge in [0.05, 0.1) is 11.4 Å². The number of carboxylic acid groups (broad SMARTS) is 1. The number of piperazine rings is 1. The molecule has 3 heterocycles. The number of anilines is 3. The molecule has 1 aliphatic heterocycles. The third-order valence-electron chi connectivity index (χ3n) is 7.84. The third kappa shape index (κ3) is 7.26. The van der Waals surface area contributed by atoms with Gasteiger partial charge in [0.1, 0.15) is 18.1 Å². The zero-order valence-corrected chi connectivity index (χ0v) is 27.8. The number of hydrogen-bond donors (Lipinski definition) is 5. The van der Waals surface area contributed by atoms with Gasteiger partial charge < -0.3 is 25.2 Å². The van der Waals surface area contributed by atoms with Gasteiger partial charge in [-0.1, -0.05) is 30.7 Å². The Morgan fingerprint density at radius 3 is 2.44 bits per heavy atom. The molecule has 0 bridgehead atoms. The Morgan fingerprint density at radius 1 is 0.980 bits per heavy atom. The van der Waals surface area contributed by atoms with Crippen molar-refractivity contribution in [3.63, 3.8) is 0 Å². The number of halogens is 1. The van der Waals surface area contributed by atoms with Gasteiger partial charge in [0.15, 0.2) is 0 Å². The average molecular weight is 721 g/mol. The van der Waals surface area contributed by atoms with Crippen molar-refractivity contribution in [2.45, 2.75) is 19.4 Å². The molecule has 1 saturated heterocycles. The molecule has 1 aliphatic rings. The molecule has 1 unspecified atom stereocenters. The molecule has 5 N–H and O–H groups in total. The molecule has 19 heteroatoms. The van der Waals surface area contributed by atoms with E-state index in [1.54, 1.807) is 49.4 Å². The van der Waals surface area contributed by atoms with E-state index in [0.29, 0.717) is 38.6 Å². The van der Waals surface area contributed by atoms with E-state index in [9.17, 15) is 32.7 Å². The van der Waals surface area contributed by atoms with Crippen LogP contribution in [0.2, 0.25) is 5.02 Å². The average Bonchev–Trinajstić information content (AvgIpc) is 3.76. The highest BCUT2D eigenvalue weighted by Gasteiger charge is 2.40. The summed E-state index contributed by atoms with van der Waals surface area (Å²) in [5.74, 6) is -3.60. The number of hydrogen-bond acceptors (Lipinski definition) is 9. The molecule has 0 saturated carbocycles. The van der Waals surface area contributed by atoms with E-state index >= 15 is 0 Å². The SMILES string of the molecule is CCNS(=O)(=O)Nc1ccc(CC(C(=O)Nc2ccc3[nH]c(C(=O)O)cc3c2)N2CCN(c3cc(Cl)ccc3-n3cnnn3)C(=O)C2=O)cc1. The molecule has 258 valence electrons. The van der Waals surface area contributed by atoms with Gasteiger partial charge in [-0.2, -0.15) is 17.8 Å². The van der Waals surface area contributed by atoms with Crippen LogP contribution in [0.25, 0.3) is 16.6 Å². The van der Waals surface area contributed by atoms with Crippen LogP contribution in [0.3, 0.4) is 0 Å². The second-order valence-electron chi connectivity index (χ2n) is 11.1. The largest absolute Gasteiger partial charge is 0.477 e. The van der Waals surface area contributed by atoms with Crippen LogP contribution in [0.4, 0.5) is 17.1 Å². The zero-order chi connectivity index (χ0) is 35.6. The Balaban J connectivity index is 1.29. The lowest BCUT2D eigenvalue weighted by Crippen LogP contribution is -2.60. The van der Waals surface area contributed by atoms with Gasteiger partial charge in [0.25, 0.3) is 10.2 Å². The Labute approximate surface area is 289 Å². The van der Waals surface area contributed by atoms with Crippen molar-refractivity contribution in [2.75, 3.05) is 34.6 Å². The van der Waals surface area contributed by atoms with Gasteiger partial charge >= 0.3 is 17.8 Å². The number of nitrogens with one attached hydrogen (secondary N) is 4. The van der Waals surface area contributed by atoms with Gasteiger partial charge in [0, 0.05) is 53.4 Å². The molecule has 6 rings (SSSR count). The molecular weight excluding hydrogens is 692 g/mol. The van der Waals surface area contributed by atoms with E-state index in [1.807, 2.05) is 0 Å². The topological polar surface area (TPSA) is 225 Å². The van der Waals surface area contributed by atoms with Crippen molar-refractivity contribution in [3.8, 4) is 5.69 Å². The molecule has 0 aliphatic carbocycles. The van der Waals surface area contributed by atoms with Crippen LogP contribution in [-0.2, 0) is 31.0 Å². The van der Waals surface area contributed by atoms with Crippen molar-refractivity contribution < 1.29 is 32.7 Å². The van der Waals surface area contributed by atoms with E-state index in [4.69, 9.17) is 11.6 Å². The fourth-order valence-corrected chi connectivity index (χ4v) is 6.63. The predicted octanol–water partition coefficient (Wildman–Crippen LogP) is 2.19. The van der Waals surface area contributed by atoms with Gasteiger partial charge in [-0.25, -0.2) is 4.79 Å². The molecule has 1 atom stereocenters. The van der Waals surface area contributed by atoms with E-state index in [0.717, 1.165) is 0 Å². The summed E-state index contributed by atoms with van der Waals surface area (Å²) in [4.78, 5) is 58.2. The number of fused-ring (bicyclic) bond motifs is 1. The maximum atomic E-state index is 14.0. The van der Waals surface area contributed by atoms with E-state index in [-0.39, 0.29) is 37.4 Å². The molecule has 0 spiro atoms. The Hall–Kier alpha value is -5.85. The fraction of sp³-hybridized carbons (Fsp3) is 0.194. The van der Waals surface area contributed by atoms with Gasteiger partial charge in [0.2, 0.25) is 5.91 Å². The maximum absolute atomic E-state index is 14.0. The van der Waals surface area contributed by atoms with Crippen molar-refractivity contribution in [3.05, 3.63) is 89.3 Å². The van der Waals surface area contributed by atoms with Gasteiger partial charge in [-0.05, 0) is 70.6 Å². The maximum Gasteiger partial charge on any atom is 0.352 e. The molecule has 3 amide bonds. The first-order chi connectivity index (χ1) is 23.9. The molecule has 3 aromatic carbocycles. The quantitative estimate of drug-likeness (QED) is 0.118. The summed E-state index contributed by atoms with van der Waals surface area (Å²) < 4.78 is 30.4. The lowest BCUT2D eigenvalue weighted by Gasteiger charge is -2.38. The highest BCUT2D eigenvalue weighted by molar-refractivity contribution is 7.90. The summed E-state index contributed by atoms with van der Waals surface area (Å²) in [6.07, 6.45) is 1.30. The normalized spacial score (nSPS) is 14.2. The summed E-state index contributed by atoms with van der Waals surface area (Å²) in [7, 11) is -3.78. The number of amides is 3. The van der Waals surface area contributed by atoms with Crippen LogP contribution >= 0.6 is 11.6 Å². The lowest BCUT2D eigenvalue weighted by molar-refractivity contribution is -0.149. The minimum atomic E-state index is -3.78.